The van der Waals surface area contributed by atoms with E-state index < -0.39 is 15.8 Å². The Balaban J connectivity index is 1.30. The second-order valence-electron chi connectivity index (χ2n) is 7.65. The fourth-order valence-electron chi connectivity index (χ4n) is 3.79. The lowest BCUT2D eigenvalue weighted by molar-refractivity contribution is 0.0733. The van der Waals surface area contributed by atoms with Gasteiger partial charge in [0.15, 0.2) is 16.5 Å². The molecular formula is C23H20FN3O4S2. The number of hydrogen-bond acceptors (Lipinski definition) is 6. The fourth-order valence-corrected chi connectivity index (χ4v) is 6.19. The Morgan fingerprint density at radius 3 is 2.55 bits per heavy atom. The molecule has 5 rings (SSSR count). The van der Waals surface area contributed by atoms with Gasteiger partial charge in [-0.2, -0.15) is 4.31 Å². The van der Waals surface area contributed by atoms with E-state index in [-0.39, 0.29) is 36.2 Å². The van der Waals surface area contributed by atoms with E-state index in [1.807, 2.05) is 24.3 Å². The first-order valence-corrected chi connectivity index (χ1v) is 12.7. The number of nitrogens with zero attached hydrogens (tertiary/aromatic N) is 3. The van der Waals surface area contributed by atoms with Crippen LogP contribution in [0.15, 0.2) is 70.0 Å². The molecule has 33 heavy (non-hydrogen) atoms. The number of halogens is 1. The summed E-state index contributed by atoms with van der Waals surface area (Å²) in [4.78, 5) is 19.2. The molecule has 2 aromatic carbocycles. The van der Waals surface area contributed by atoms with Crippen molar-refractivity contribution < 1.29 is 22.0 Å². The van der Waals surface area contributed by atoms with Crippen molar-refractivity contribution in [2.24, 2.45) is 0 Å². The first-order chi connectivity index (χ1) is 15.9. The summed E-state index contributed by atoms with van der Waals surface area (Å²) in [5.74, 6) is -0.0670. The number of furan rings is 1. The molecule has 0 N–H and O–H groups in total. The molecule has 0 aliphatic carbocycles. The summed E-state index contributed by atoms with van der Waals surface area (Å²) < 4.78 is 47.2. The van der Waals surface area contributed by atoms with Crippen molar-refractivity contribution in [3.8, 4) is 10.8 Å². The van der Waals surface area contributed by atoms with Crippen LogP contribution in [0.2, 0.25) is 0 Å². The highest BCUT2D eigenvalue weighted by Gasteiger charge is 2.29. The summed E-state index contributed by atoms with van der Waals surface area (Å²) in [5.41, 5.74) is 0.872. The topological polar surface area (TPSA) is 83.7 Å². The maximum atomic E-state index is 13.2. The third kappa shape index (κ3) is 4.29. The minimum atomic E-state index is -3.76. The van der Waals surface area contributed by atoms with E-state index in [0.717, 1.165) is 22.3 Å². The van der Waals surface area contributed by atoms with E-state index in [1.165, 1.54) is 27.8 Å². The van der Waals surface area contributed by atoms with Gasteiger partial charge in [-0.3, -0.25) is 4.79 Å². The van der Waals surface area contributed by atoms with Gasteiger partial charge in [0, 0.05) is 26.2 Å². The second kappa shape index (κ2) is 8.69. The van der Waals surface area contributed by atoms with Crippen LogP contribution in [-0.4, -0.2) is 54.7 Å². The zero-order valence-electron chi connectivity index (χ0n) is 17.5. The third-order valence-corrected chi connectivity index (χ3v) is 8.48. The molecule has 0 spiro atoms. The monoisotopic (exact) mass is 485 g/mol. The van der Waals surface area contributed by atoms with E-state index in [2.05, 4.69) is 4.98 Å². The normalized spacial score (nSPS) is 15.6. The lowest BCUT2D eigenvalue weighted by atomic mass is 10.3. The number of rotatable bonds is 4. The molecule has 10 heteroatoms. The lowest BCUT2D eigenvalue weighted by Crippen LogP contribution is -2.37. The molecule has 1 aliphatic heterocycles. The van der Waals surface area contributed by atoms with Crippen LogP contribution in [0.1, 0.15) is 17.0 Å². The standard InChI is InChI=1S/C23H20FN3O4S2/c24-16-6-8-17(9-7-16)33(29,30)27-13-3-12-26(14-15-27)23(28)20-11-10-19(31-20)22-25-18-4-1-2-5-21(18)32-22/h1-2,4-11H,3,12-15H2. The number of hydrogen-bond donors (Lipinski definition) is 0. The quantitative estimate of drug-likeness (QED) is 0.432. The summed E-state index contributed by atoms with van der Waals surface area (Å²) in [6, 6.07) is 15.9. The van der Waals surface area contributed by atoms with Gasteiger partial charge in [0.05, 0.1) is 15.1 Å². The number of carbonyl (C=O) groups excluding carboxylic acids is 1. The predicted molar refractivity (Wildman–Crippen MR) is 123 cm³/mol. The van der Waals surface area contributed by atoms with Crippen LogP contribution < -0.4 is 0 Å². The molecule has 0 bridgehead atoms. The van der Waals surface area contributed by atoms with Crippen molar-refractivity contribution >= 4 is 37.5 Å². The van der Waals surface area contributed by atoms with E-state index >= 15 is 0 Å². The van der Waals surface area contributed by atoms with Crippen LogP contribution in [0, 0.1) is 5.82 Å². The molecule has 0 radical (unpaired) electrons. The lowest BCUT2D eigenvalue weighted by Gasteiger charge is -2.21. The zero-order chi connectivity index (χ0) is 23.0. The minimum absolute atomic E-state index is 0.0372. The van der Waals surface area contributed by atoms with E-state index in [9.17, 15) is 17.6 Å². The Morgan fingerprint density at radius 1 is 0.970 bits per heavy atom. The summed E-state index contributed by atoms with van der Waals surface area (Å²) >= 11 is 1.49. The third-order valence-electron chi connectivity index (χ3n) is 5.51. The van der Waals surface area contributed by atoms with Crippen LogP contribution >= 0.6 is 11.3 Å². The number of fused-ring (bicyclic) bond motifs is 1. The largest absolute Gasteiger partial charge is 0.448 e. The Morgan fingerprint density at radius 2 is 1.76 bits per heavy atom. The van der Waals surface area contributed by atoms with Gasteiger partial charge in [-0.25, -0.2) is 17.8 Å². The molecule has 1 fully saturated rings. The maximum absolute atomic E-state index is 13.2. The fraction of sp³-hybridized carbons (Fsp3) is 0.217. The molecule has 1 aliphatic rings. The molecule has 1 amide bonds. The smallest absolute Gasteiger partial charge is 0.289 e. The summed E-state index contributed by atoms with van der Waals surface area (Å²) in [6.45, 7) is 1.07. The molecule has 7 nitrogen and oxygen atoms in total. The molecule has 2 aromatic heterocycles. The van der Waals surface area contributed by atoms with Crippen molar-refractivity contribution in [2.75, 3.05) is 26.2 Å². The molecule has 0 unspecified atom stereocenters. The Hall–Kier alpha value is -3.08. The molecule has 0 saturated carbocycles. The van der Waals surface area contributed by atoms with Crippen LogP contribution in [0.4, 0.5) is 4.39 Å². The van der Waals surface area contributed by atoms with Crippen LogP contribution in [0.3, 0.4) is 0 Å². The van der Waals surface area contributed by atoms with Crippen LogP contribution in [-0.2, 0) is 10.0 Å². The van der Waals surface area contributed by atoms with Gasteiger partial charge in [0.2, 0.25) is 10.0 Å². The zero-order valence-corrected chi connectivity index (χ0v) is 19.1. The van der Waals surface area contributed by atoms with Crippen molar-refractivity contribution in [2.45, 2.75) is 11.3 Å². The van der Waals surface area contributed by atoms with Gasteiger partial charge in [-0.1, -0.05) is 12.1 Å². The minimum Gasteiger partial charge on any atom is -0.448 e. The van der Waals surface area contributed by atoms with E-state index in [4.69, 9.17) is 4.42 Å². The average Bonchev–Trinajstić information content (AvgIpc) is 3.39. The molecule has 170 valence electrons. The van der Waals surface area contributed by atoms with Gasteiger partial charge >= 0.3 is 0 Å². The number of carbonyl (C=O) groups is 1. The Kier molecular flexibility index (Phi) is 5.73. The SMILES string of the molecule is O=C(c1ccc(-c2nc3ccccc3s2)o1)N1CCCN(S(=O)(=O)c2ccc(F)cc2)CC1. The number of benzene rings is 2. The molecule has 4 aromatic rings. The van der Waals surface area contributed by atoms with E-state index in [1.54, 1.807) is 17.0 Å². The highest BCUT2D eigenvalue weighted by Crippen LogP contribution is 2.31. The van der Waals surface area contributed by atoms with Gasteiger partial charge in [-0.15, -0.1) is 11.3 Å². The summed E-state index contributed by atoms with van der Waals surface area (Å²) in [6.07, 6.45) is 0.484. The van der Waals surface area contributed by atoms with Crippen molar-refractivity contribution in [3.63, 3.8) is 0 Å². The van der Waals surface area contributed by atoms with Crippen LogP contribution in [0.5, 0.6) is 0 Å². The summed E-state index contributed by atoms with van der Waals surface area (Å²) in [7, 11) is -3.76. The highest BCUT2D eigenvalue weighted by molar-refractivity contribution is 7.89. The predicted octanol–water partition coefficient (Wildman–Crippen LogP) is 4.23. The highest BCUT2D eigenvalue weighted by atomic mass is 32.2. The van der Waals surface area contributed by atoms with Gasteiger partial charge in [0.25, 0.3) is 5.91 Å². The van der Waals surface area contributed by atoms with Crippen molar-refractivity contribution in [1.29, 1.82) is 0 Å². The molecule has 3 heterocycles. The first kappa shape index (κ1) is 21.7. The van der Waals surface area contributed by atoms with Crippen molar-refractivity contribution in [3.05, 3.63) is 72.2 Å². The Labute approximate surface area is 194 Å². The van der Waals surface area contributed by atoms with Gasteiger partial charge in [-0.05, 0) is 55.0 Å². The first-order valence-electron chi connectivity index (χ1n) is 10.4. The van der Waals surface area contributed by atoms with Gasteiger partial charge in [0.1, 0.15) is 5.82 Å². The molecule has 0 atom stereocenters. The van der Waals surface area contributed by atoms with Crippen LogP contribution in [0.25, 0.3) is 21.0 Å². The molecule has 1 saturated heterocycles. The number of para-hydroxylation sites is 1. The van der Waals surface area contributed by atoms with Crippen molar-refractivity contribution in [1.82, 2.24) is 14.2 Å². The Bertz CT molecular complexity index is 1380. The molecular weight excluding hydrogens is 465 g/mol. The number of amides is 1. The van der Waals surface area contributed by atoms with E-state index in [0.29, 0.717) is 23.7 Å². The average molecular weight is 486 g/mol. The maximum Gasteiger partial charge on any atom is 0.289 e. The number of sulfonamides is 1. The summed E-state index contributed by atoms with van der Waals surface area (Å²) in [5, 5.41) is 0.697. The number of thiazole rings is 1. The second-order valence-corrected chi connectivity index (χ2v) is 10.6. The van der Waals surface area contributed by atoms with Gasteiger partial charge < -0.3 is 9.32 Å². The number of aromatic nitrogens is 1.